The fraction of sp³-hybridized carbons (Fsp3) is 0.259. The highest BCUT2D eigenvalue weighted by Crippen LogP contribution is 2.49. The van der Waals surface area contributed by atoms with E-state index in [4.69, 9.17) is 0 Å². The normalized spacial score (nSPS) is 24.5. The highest BCUT2D eigenvalue weighted by Gasteiger charge is 2.25. The van der Waals surface area contributed by atoms with E-state index in [0.717, 1.165) is 22.6 Å². The Balaban J connectivity index is 1.45. The van der Waals surface area contributed by atoms with Gasteiger partial charge >= 0.3 is 0 Å². The van der Waals surface area contributed by atoms with Crippen LogP contribution < -0.4 is 0 Å². The molecule has 3 aliphatic rings. The number of rotatable bonds is 5. The van der Waals surface area contributed by atoms with Crippen LogP contribution in [0.15, 0.2) is 89.9 Å². The minimum absolute atomic E-state index is 0.172. The van der Waals surface area contributed by atoms with E-state index >= 15 is 4.39 Å². The molecule has 0 amide bonds. The van der Waals surface area contributed by atoms with Crippen molar-refractivity contribution in [3.63, 3.8) is 0 Å². The molecule has 35 heavy (non-hydrogen) atoms. The van der Waals surface area contributed by atoms with Gasteiger partial charge in [0.1, 0.15) is 12.0 Å². The molecule has 0 radical (unpaired) electrons. The third kappa shape index (κ3) is 5.43. The van der Waals surface area contributed by atoms with Crippen LogP contribution in [0.3, 0.4) is 0 Å². The number of hydrogen-bond acceptors (Lipinski definition) is 6. The molecule has 0 N–H and O–H groups in total. The van der Waals surface area contributed by atoms with Crippen LogP contribution in [-0.4, -0.2) is 23.4 Å². The molecule has 0 bridgehead atoms. The third-order valence-electron chi connectivity index (χ3n) is 5.90. The van der Waals surface area contributed by atoms with Gasteiger partial charge in [0.05, 0.1) is 4.91 Å². The molecule has 2 atom stereocenters. The summed E-state index contributed by atoms with van der Waals surface area (Å²) in [6.07, 6.45) is 14.0. The van der Waals surface area contributed by atoms with Crippen molar-refractivity contribution in [3.8, 4) is 0 Å². The summed E-state index contributed by atoms with van der Waals surface area (Å²) >= 11 is 12.7. The SMILES string of the molecule is C/C=C1/SC(CS)C=C/C1=C/Cc1sc2cc3c(cc2c1SC)CC(F)=C(C1=CC(F)C=CS1)S3. The molecule has 5 rings (SSSR count). The molecule has 182 valence electrons. The second-order valence-electron chi connectivity index (χ2n) is 8.16. The quantitative estimate of drug-likeness (QED) is 0.277. The number of thioether (sulfide) groups is 4. The fourth-order valence-electron chi connectivity index (χ4n) is 4.21. The number of thiol groups is 1. The zero-order valence-electron chi connectivity index (χ0n) is 19.2. The highest BCUT2D eigenvalue weighted by molar-refractivity contribution is 8.10. The maximum atomic E-state index is 15.1. The van der Waals surface area contributed by atoms with Gasteiger partial charge in [-0.2, -0.15) is 12.6 Å². The average molecular weight is 579 g/mol. The van der Waals surface area contributed by atoms with E-state index in [1.165, 1.54) is 66.0 Å². The third-order valence-corrected chi connectivity index (χ3v) is 12.3. The van der Waals surface area contributed by atoms with Crippen LogP contribution in [0.2, 0.25) is 0 Å². The molecule has 1 aromatic carbocycles. The maximum absolute atomic E-state index is 15.1. The monoisotopic (exact) mass is 578 g/mol. The van der Waals surface area contributed by atoms with E-state index in [9.17, 15) is 4.39 Å². The fourth-order valence-corrected chi connectivity index (χ4v) is 9.91. The molecule has 4 heterocycles. The van der Waals surface area contributed by atoms with E-state index < -0.39 is 6.17 Å². The number of benzene rings is 1. The second kappa shape index (κ2) is 11.3. The molecule has 0 saturated heterocycles. The zero-order chi connectivity index (χ0) is 24.5. The van der Waals surface area contributed by atoms with Crippen LogP contribution in [0, 0.1) is 0 Å². The molecule has 0 nitrogen and oxygen atoms in total. The lowest BCUT2D eigenvalue weighted by Crippen LogP contribution is -2.06. The van der Waals surface area contributed by atoms with Crippen LogP contribution in [-0.2, 0) is 12.8 Å². The van der Waals surface area contributed by atoms with Crippen LogP contribution in [0.4, 0.5) is 8.78 Å². The smallest absolute Gasteiger partial charge is 0.139 e. The highest BCUT2D eigenvalue weighted by atomic mass is 32.2. The molecule has 0 saturated carbocycles. The summed E-state index contributed by atoms with van der Waals surface area (Å²) in [5, 5.41) is 3.34. The standard InChI is InChI=1S/C27H24F2S6/c1-3-21-15(4-6-18(14-30)33-21)5-7-22-26(31-2)19-10-16-11-20(29)27(25-12-17(28)8-9-32-25)35-23(16)13-24(19)34-22/h3-6,8-10,12-13,17-18,30H,7,11,14H2,1-2H3/b15-5-,21-3+. The van der Waals surface area contributed by atoms with Crippen molar-refractivity contribution in [2.24, 2.45) is 0 Å². The van der Waals surface area contributed by atoms with Crippen LogP contribution in [0.1, 0.15) is 17.4 Å². The van der Waals surface area contributed by atoms with E-state index in [1.54, 1.807) is 17.2 Å². The predicted octanol–water partition coefficient (Wildman–Crippen LogP) is 9.91. The molecule has 0 aliphatic carbocycles. The van der Waals surface area contributed by atoms with Gasteiger partial charge in [-0.15, -0.1) is 34.9 Å². The minimum Gasteiger partial charge on any atom is -0.238 e. The summed E-state index contributed by atoms with van der Waals surface area (Å²) in [6, 6.07) is 4.36. The van der Waals surface area contributed by atoms with Crippen molar-refractivity contribution < 1.29 is 8.78 Å². The van der Waals surface area contributed by atoms with Gasteiger partial charge < -0.3 is 0 Å². The van der Waals surface area contributed by atoms with Gasteiger partial charge in [-0.05, 0) is 54.0 Å². The largest absolute Gasteiger partial charge is 0.238 e. The zero-order valence-corrected chi connectivity index (χ0v) is 24.2. The van der Waals surface area contributed by atoms with Crippen LogP contribution >= 0.6 is 71.0 Å². The molecule has 0 spiro atoms. The Morgan fingerprint density at radius 2 is 2.11 bits per heavy atom. The first-order chi connectivity index (χ1) is 17.0. The van der Waals surface area contributed by atoms with E-state index in [-0.39, 0.29) is 12.2 Å². The maximum Gasteiger partial charge on any atom is 0.139 e. The van der Waals surface area contributed by atoms with E-state index in [2.05, 4.69) is 62.2 Å². The minimum atomic E-state index is -1.15. The average Bonchev–Trinajstić information content (AvgIpc) is 3.21. The Hall–Kier alpha value is -0.770. The van der Waals surface area contributed by atoms with Gasteiger partial charge in [0.15, 0.2) is 0 Å². The Kier molecular flexibility index (Phi) is 8.36. The van der Waals surface area contributed by atoms with Crippen LogP contribution in [0.25, 0.3) is 10.1 Å². The number of thiophene rings is 1. The summed E-state index contributed by atoms with van der Waals surface area (Å²) in [5.74, 6) is 0.661. The van der Waals surface area contributed by atoms with Crippen molar-refractivity contribution in [1.82, 2.24) is 0 Å². The summed E-state index contributed by atoms with van der Waals surface area (Å²) in [4.78, 5) is 6.22. The summed E-state index contributed by atoms with van der Waals surface area (Å²) in [5.41, 5.74) is 2.28. The van der Waals surface area contributed by atoms with Gasteiger partial charge in [0, 0.05) is 58.4 Å². The predicted molar refractivity (Wildman–Crippen MR) is 161 cm³/mol. The molecular weight excluding hydrogens is 555 g/mol. The Labute approximate surface area is 232 Å². The number of halogens is 2. The van der Waals surface area contributed by atoms with Gasteiger partial charge in [-0.25, -0.2) is 8.78 Å². The van der Waals surface area contributed by atoms with Crippen LogP contribution in [0.5, 0.6) is 0 Å². The number of hydrogen-bond donors (Lipinski definition) is 1. The van der Waals surface area contributed by atoms with Crippen molar-refractivity contribution in [1.29, 1.82) is 0 Å². The van der Waals surface area contributed by atoms with E-state index in [1.807, 2.05) is 23.1 Å². The summed E-state index contributed by atoms with van der Waals surface area (Å²) < 4.78 is 30.2. The Morgan fingerprint density at radius 3 is 2.86 bits per heavy atom. The number of fused-ring (bicyclic) bond motifs is 2. The lowest BCUT2D eigenvalue weighted by Gasteiger charge is -2.21. The molecule has 3 aliphatic heterocycles. The van der Waals surface area contributed by atoms with Crippen molar-refractivity contribution in [2.75, 3.05) is 12.0 Å². The lowest BCUT2D eigenvalue weighted by atomic mass is 10.1. The van der Waals surface area contributed by atoms with Crippen molar-refractivity contribution in [2.45, 2.75) is 41.0 Å². The Bertz CT molecular complexity index is 1340. The molecule has 2 unspecified atom stereocenters. The first-order valence-corrected chi connectivity index (χ1v) is 16.5. The second-order valence-corrected chi connectivity index (χ2v) is 13.8. The van der Waals surface area contributed by atoms with Gasteiger partial charge in [-0.3, -0.25) is 0 Å². The summed E-state index contributed by atoms with van der Waals surface area (Å²) in [6.45, 7) is 2.09. The number of alkyl halides is 1. The van der Waals surface area contributed by atoms with Crippen molar-refractivity contribution in [3.05, 3.63) is 90.6 Å². The Morgan fingerprint density at radius 1 is 1.26 bits per heavy atom. The topological polar surface area (TPSA) is 0 Å². The molecule has 1 aromatic heterocycles. The first-order valence-electron chi connectivity index (χ1n) is 11.2. The van der Waals surface area contributed by atoms with E-state index in [0.29, 0.717) is 15.1 Å². The van der Waals surface area contributed by atoms with Crippen molar-refractivity contribution >= 4 is 81.1 Å². The lowest BCUT2D eigenvalue weighted by molar-refractivity contribution is 0.468. The molecule has 0 fully saturated rings. The van der Waals surface area contributed by atoms with Gasteiger partial charge in [0.2, 0.25) is 0 Å². The summed E-state index contributed by atoms with van der Waals surface area (Å²) in [7, 11) is 0. The van der Waals surface area contributed by atoms with Gasteiger partial charge in [-0.1, -0.05) is 47.8 Å². The van der Waals surface area contributed by atoms with Gasteiger partial charge in [0.25, 0.3) is 0 Å². The molecular formula is C27H24F2S6. The molecule has 2 aromatic rings. The number of allylic oxidation sites excluding steroid dienone is 7. The first kappa shape index (κ1) is 25.9. The molecule has 8 heteroatoms.